The summed E-state index contributed by atoms with van der Waals surface area (Å²) in [4.78, 5) is 0. The average Bonchev–Trinajstić information content (AvgIpc) is 1.98. The first-order valence-corrected chi connectivity index (χ1v) is 4.49. The fraction of sp³-hybridized carbons (Fsp3) is 1.00. The summed E-state index contributed by atoms with van der Waals surface area (Å²) in [6.45, 7) is 6.33. The van der Waals surface area contributed by atoms with Crippen molar-refractivity contribution in [2.75, 3.05) is 26.9 Å². The molecule has 3 nitrogen and oxygen atoms in total. The Balaban J connectivity index is 3.08. The highest BCUT2D eigenvalue weighted by Crippen LogP contribution is 1.98. The normalized spacial score (nSPS) is 13.8. The first kappa shape index (κ1) is 11.9. The van der Waals surface area contributed by atoms with E-state index in [2.05, 4.69) is 13.8 Å². The van der Waals surface area contributed by atoms with Gasteiger partial charge >= 0.3 is 0 Å². The van der Waals surface area contributed by atoms with Crippen molar-refractivity contribution in [3.63, 3.8) is 0 Å². The van der Waals surface area contributed by atoms with Gasteiger partial charge in [-0.2, -0.15) is 0 Å². The zero-order valence-electron chi connectivity index (χ0n) is 8.38. The minimum Gasteiger partial charge on any atom is -0.383 e. The van der Waals surface area contributed by atoms with Crippen LogP contribution in [0.1, 0.15) is 20.3 Å². The van der Waals surface area contributed by atoms with E-state index in [0.717, 1.165) is 13.0 Å². The van der Waals surface area contributed by atoms with Crippen molar-refractivity contribution in [3.8, 4) is 0 Å². The summed E-state index contributed by atoms with van der Waals surface area (Å²) in [5.74, 6) is 0.698. The molecule has 3 heteroatoms. The Kier molecular flexibility index (Phi) is 7.45. The summed E-state index contributed by atoms with van der Waals surface area (Å²) >= 11 is 0. The van der Waals surface area contributed by atoms with Crippen molar-refractivity contribution < 1.29 is 9.47 Å². The van der Waals surface area contributed by atoms with E-state index in [1.54, 1.807) is 7.11 Å². The molecule has 0 aliphatic heterocycles. The van der Waals surface area contributed by atoms with E-state index in [1.165, 1.54) is 0 Å². The highest BCUT2D eigenvalue weighted by Gasteiger charge is 2.01. The number of hydrogen-bond acceptors (Lipinski definition) is 3. The van der Waals surface area contributed by atoms with Crippen LogP contribution in [0.4, 0.5) is 0 Å². The first-order chi connectivity index (χ1) is 5.66. The van der Waals surface area contributed by atoms with E-state index in [-0.39, 0.29) is 6.04 Å². The largest absolute Gasteiger partial charge is 0.383 e. The molecule has 0 heterocycles. The molecule has 0 aliphatic carbocycles. The molecule has 1 atom stereocenters. The van der Waals surface area contributed by atoms with Gasteiger partial charge in [0.25, 0.3) is 0 Å². The molecular formula is C9H21NO2. The van der Waals surface area contributed by atoms with E-state index >= 15 is 0 Å². The van der Waals surface area contributed by atoms with Crippen LogP contribution in [-0.2, 0) is 9.47 Å². The van der Waals surface area contributed by atoms with E-state index in [9.17, 15) is 0 Å². The highest BCUT2D eigenvalue weighted by atomic mass is 16.5. The quantitative estimate of drug-likeness (QED) is 0.588. The molecular weight excluding hydrogens is 154 g/mol. The monoisotopic (exact) mass is 175 g/mol. The van der Waals surface area contributed by atoms with Crippen LogP contribution in [0.15, 0.2) is 0 Å². The Morgan fingerprint density at radius 2 is 1.92 bits per heavy atom. The van der Waals surface area contributed by atoms with Crippen molar-refractivity contribution in [2.24, 2.45) is 11.7 Å². The standard InChI is InChI=1S/C9H21NO2/c1-8(2)4-5-12-7-9(10)6-11-3/h8-9H,4-7,10H2,1-3H3. The van der Waals surface area contributed by atoms with Crippen LogP contribution in [-0.4, -0.2) is 33.0 Å². The van der Waals surface area contributed by atoms with Crippen molar-refractivity contribution >= 4 is 0 Å². The molecule has 1 unspecified atom stereocenters. The molecule has 0 spiro atoms. The summed E-state index contributed by atoms with van der Waals surface area (Å²) in [6, 6.07) is 0.0159. The van der Waals surface area contributed by atoms with Gasteiger partial charge in [-0.25, -0.2) is 0 Å². The Labute approximate surface area is 75.2 Å². The minimum absolute atomic E-state index is 0.0159. The van der Waals surface area contributed by atoms with Gasteiger partial charge < -0.3 is 15.2 Å². The Morgan fingerprint density at radius 3 is 2.42 bits per heavy atom. The fourth-order valence-electron chi connectivity index (χ4n) is 0.816. The smallest absolute Gasteiger partial charge is 0.0640 e. The molecule has 0 bridgehead atoms. The third-order valence-electron chi connectivity index (χ3n) is 1.55. The molecule has 0 saturated heterocycles. The number of ether oxygens (including phenoxy) is 2. The number of methoxy groups -OCH3 is 1. The van der Waals surface area contributed by atoms with Crippen LogP contribution in [0.5, 0.6) is 0 Å². The number of rotatable bonds is 7. The first-order valence-electron chi connectivity index (χ1n) is 4.49. The fourth-order valence-corrected chi connectivity index (χ4v) is 0.816. The maximum atomic E-state index is 5.65. The van der Waals surface area contributed by atoms with Crippen LogP contribution in [0.2, 0.25) is 0 Å². The van der Waals surface area contributed by atoms with E-state index in [4.69, 9.17) is 15.2 Å². The molecule has 74 valence electrons. The van der Waals surface area contributed by atoms with Crippen LogP contribution in [0.25, 0.3) is 0 Å². The lowest BCUT2D eigenvalue weighted by molar-refractivity contribution is 0.0811. The molecule has 0 aliphatic rings. The minimum atomic E-state index is 0.0159. The molecule has 2 N–H and O–H groups in total. The Morgan fingerprint density at radius 1 is 1.25 bits per heavy atom. The summed E-state index contributed by atoms with van der Waals surface area (Å²) < 4.78 is 10.2. The van der Waals surface area contributed by atoms with Gasteiger partial charge in [0, 0.05) is 13.7 Å². The predicted octanol–water partition coefficient (Wildman–Crippen LogP) is 1.02. The molecule has 0 aromatic carbocycles. The third-order valence-corrected chi connectivity index (χ3v) is 1.55. The van der Waals surface area contributed by atoms with Gasteiger partial charge in [0.2, 0.25) is 0 Å². The van der Waals surface area contributed by atoms with Crippen LogP contribution in [0.3, 0.4) is 0 Å². The molecule has 0 radical (unpaired) electrons. The summed E-state index contributed by atoms with van der Waals surface area (Å²) in [7, 11) is 1.65. The van der Waals surface area contributed by atoms with Crippen LogP contribution >= 0.6 is 0 Å². The van der Waals surface area contributed by atoms with E-state index in [0.29, 0.717) is 19.1 Å². The van der Waals surface area contributed by atoms with Crippen molar-refractivity contribution in [2.45, 2.75) is 26.3 Å². The van der Waals surface area contributed by atoms with Gasteiger partial charge in [-0.3, -0.25) is 0 Å². The van der Waals surface area contributed by atoms with Gasteiger partial charge in [-0.05, 0) is 12.3 Å². The Hall–Kier alpha value is -0.120. The average molecular weight is 175 g/mol. The lowest BCUT2D eigenvalue weighted by Crippen LogP contribution is -2.31. The SMILES string of the molecule is COCC(N)COCCC(C)C. The van der Waals surface area contributed by atoms with Gasteiger partial charge in [0.1, 0.15) is 0 Å². The third kappa shape index (κ3) is 7.98. The molecule has 0 saturated carbocycles. The zero-order chi connectivity index (χ0) is 9.40. The second-order valence-corrected chi connectivity index (χ2v) is 3.47. The topological polar surface area (TPSA) is 44.5 Å². The molecule has 12 heavy (non-hydrogen) atoms. The van der Waals surface area contributed by atoms with Gasteiger partial charge in [0.15, 0.2) is 0 Å². The second kappa shape index (κ2) is 7.53. The highest BCUT2D eigenvalue weighted by molar-refractivity contribution is 4.57. The zero-order valence-corrected chi connectivity index (χ0v) is 8.38. The van der Waals surface area contributed by atoms with E-state index in [1.807, 2.05) is 0 Å². The summed E-state index contributed by atoms with van der Waals surface area (Å²) in [5, 5.41) is 0. The van der Waals surface area contributed by atoms with Crippen molar-refractivity contribution in [1.29, 1.82) is 0 Å². The Bertz CT molecular complexity index is 96.5. The second-order valence-electron chi connectivity index (χ2n) is 3.47. The van der Waals surface area contributed by atoms with Crippen molar-refractivity contribution in [3.05, 3.63) is 0 Å². The number of nitrogens with two attached hydrogens (primary N) is 1. The van der Waals surface area contributed by atoms with Crippen LogP contribution < -0.4 is 5.73 Å². The molecule has 0 amide bonds. The molecule has 0 aromatic rings. The van der Waals surface area contributed by atoms with Gasteiger partial charge in [0.05, 0.1) is 19.3 Å². The number of hydrogen-bond donors (Lipinski definition) is 1. The molecule has 0 aromatic heterocycles. The van der Waals surface area contributed by atoms with Gasteiger partial charge in [-0.15, -0.1) is 0 Å². The van der Waals surface area contributed by atoms with Gasteiger partial charge in [-0.1, -0.05) is 13.8 Å². The summed E-state index contributed by atoms with van der Waals surface area (Å²) in [6.07, 6.45) is 1.10. The summed E-state index contributed by atoms with van der Waals surface area (Å²) in [5.41, 5.74) is 5.65. The van der Waals surface area contributed by atoms with Crippen LogP contribution in [0, 0.1) is 5.92 Å². The maximum absolute atomic E-state index is 5.65. The molecule has 0 rings (SSSR count). The predicted molar refractivity (Wildman–Crippen MR) is 50.1 cm³/mol. The lowest BCUT2D eigenvalue weighted by Gasteiger charge is -2.11. The van der Waals surface area contributed by atoms with E-state index < -0.39 is 0 Å². The van der Waals surface area contributed by atoms with Crippen molar-refractivity contribution in [1.82, 2.24) is 0 Å². The lowest BCUT2D eigenvalue weighted by atomic mass is 10.1. The molecule has 0 fully saturated rings. The maximum Gasteiger partial charge on any atom is 0.0640 e.